The molecule has 3 rings (SSSR count). The minimum absolute atomic E-state index is 0.0744. The zero-order chi connectivity index (χ0) is 17.6. The summed E-state index contributed by atoms with van der Waals surface area (Å²) >= 11 is 0. The Kier molecular flexibility index (Phi) is 5.09. The van der Waals surface area contributed by atoms with Crippen LogP contribution in [-0.2, 0) is 11.3 Å². The van der Waals surface area contributed by atoms with Gasteiger partial charge in [0.05, 0.1) is 23.5 Å². The number of anilines is 1. The van der Waals surface area contributed by atoms with Crippen LogP contribution < -0.4 is 10.6 Å². The van der Waals surface area contributed by atoms with Crippen LogP contribution in [0.15, 0.2) is 36.7 Å². The lowest BCUT2D eigenvalue weighted by atomic mass is 10.1. The fourth-order valence-electron chi connectivity index (χ4n) is 2.94. The Morgan fingerprint density at radius 1 is 1.32 bits per heavy atom. The van der Waals surface area contributed by atoms with Gasteiger partial charge in [-0.15, -0.1) is 0 Å². The maximum atomic E-state index is 12.2. The second-order valence-corrected chi connectivity index (χ2v) is 6.12. The average Bonchev–Trinajstić information content (AvgIpc) is 3.27. The summed E-state index contributed by atoms with van der Waals surface area (Å²) in [5, 5.41) is 18.7. The minimum Gasteiger partial charge on any atom is -0.352 e. The molecule has 0 radical (unpaired) electrons. The molecule has 0 bridgehead atoms. The third kappa shape index (κ3) is 4.44. The lowest BCUT2D eigenvalue weighted by Crippen LogP contribution is -2.35. The van der Waals surface area contributed by atoms with Gasteiger partial charge in [0, 0.05) is 17.8 Å². The zero-order valence-corrected chi connectivity index (χ0v) is 13.7. The van der Waals surface area contributed by atoms with Crippen LogP contribution in [0.1, 0.15) is 41.6 Å². The number of hydrogen-bond donors (Lipinski definition) is 2. The van der Waals surface area contributed by atoms with E-state index in [0.29, 0.717) is 16.8 Å². The van der Waals surface area contributed by atoms with Crippen LogP contribution in [0.4, 0.5) is 5.69 Å². The molecule has 128 valence electrons. The molecule has 0 saturated heterocycles. The summed E-state index contributed by atoms with van der Waals surface area (Å²) in [6.45, 7) is 0.121. The maximum absolute atomic E-state index is 12.2. The highest BCUT2D eigenvalue weighted by atomic mass is 16.2. The number of aromatic nitrogens is 2. The summed E-state index contributed by atoms with van der Waals surface area (Å²) in [4.78, 5) is 24.2. The Balaban J connectivity index is 1.56. The molecule has 2 amide bonds. The smallest absolute Gasteiger partial charge is 0.255 e. The molecule has 2 aromatic rings. The highest BCUT2D eigenvalue weighted by molar-refractivity contribution is 6.04. The first kappa shape index (κ1) is 16.7. The van der Waals surface area contributed by atoms with Crippen molar-refractivity contribution >= 4 is 17.5 Å². The van der Waals surface area contributed by atoms with Gasteiger partial charge >= 0.3 is 0 Å². The molecule has 1 aromatic carbocycles. The van der Waals surface area contributed by atoms with E-state index in [2.05, 4.69) is 15.7 Å². The van der Waals surface area contributed by atoms with Crippen molar-refractivity contribution in [2.75, 3.05) is 5.32 Å². The van der Waals surface area contributed by atoms with Gasteiger partial charge in [-0.3, -0.25) is 14.3 Å². The second kappa shape index (κ2) is 7.62. The van der Waals surface area contributed by atoms with Crippen LogP contribution in [0.3, 0.4) is 0 Å². The fourth-order valence-corrected chi connectivity index (χ4v) is 2.94. The zero-order valence-electron chi connectivity index (χ0n) is 13.7. The van der Waals surface area contributed by atoms with Gasteiger partial charge in [0.1, 0.15) is 6.54 Å². The molecule has 0 aliphatic heterocycles. The number of hydrogen-bond acceptors (Lipinski definition) is 4. The standard InChI is InChI=1S/C18H19N5O2/c19-9-13-4-3-5-14(8-13)18(25)22-16-10-20-23(11-16)12-17(24)21-15-6-1-2-7-15/h3-5,8,10-11,15H,1-2,6-7,12H2,(H,21,24)(H,22,25). The molecule has 1 aliphatic carbocycles. The fraction of sp³-hybridized carbons (Fsp3) is 0.333. The van der Waals surface area contributed by atoms with E-state index in [4.69, 9.17) is 5.26 Å². The number of nitriles is 1. The molecule has 1 heterocycles. The van der Waals surface area contributed by atoms with Crippen molar-refractivity contribution in [1.82, 2.24) is 15.1 Å². The van der Waals surface area contributed by atoms with E-state index >= 15 is 0 Å². The Morgan fingerprint density at radius 3 is 2.88 bits per heavy atom. The van der Waals surface area contributed by atoms with E-state index < -0.39 is 0 Å². The molecule has 1 aromatic heterocycles. The molecule has 7 heteroatoms. The number of rotatable bonds is 5. The molecular weight excluding hydrogens is 318 g/mol. The number of carbonyl (C=O) groups excluding carboxylic acids is 2. The molecule has 1 fully saturated rings. The minimum atomic E-state index is -0.327. The first-order chi connectivity index (χ1) is 12.1. The summed E-state index contributed by atoms with van der Waals surface area (Å²) < 4.78 is 1.49. The summed E-state index contributed by atoms with van der Waals surface area (Å²) in [5.74, 6) is -0.401. The largest absolute Gasteiger partial charge is 0.352 e. The summed E-state index contributed by atoms with van der Waals surface area (Å²) in [6.07, 6.45) is 7.50. The summed E-state index contributed by atoms with van der Waals surface area (Å²) in [5.41, 5.74) is 1.32. The molecule has 0 atom stereocenters. The van der Waals surface area contributed by atoms with Crippen molar-refractivity contribution in [1.29, 1.82) is 5.26 Å². The highest BCUT2D eigenvalue weighted by Crippen LogP contribution is 2.17. The lowest BCUT2D eigenvalue weighted by Gasteiger charge is -2.11. The Bertz CT molecular complexity index is 815. The number of nitrogens with one attached hydrogen (secondary N) is 2. The van der Waals surface area contributed by atoms with Gasteiger partial charge in [0.15, 0.2) is 0 Å². The van der Waals surface area contributed by atoms with Gasteiger partial charge in [-0.2, -0.15) is 10.4 Å². The Labute approximate surface area is 145 Å². The van der Waals surface area contributed by atoms with Crippen molar-refractivity contribution in [3.63, 3.8) is 0 Å². The molecule has 0 unspecified atom stereocenters. The quantitative estimate of drug-likeness (QED) is 0.872. The predicted octanol–water partition coefficient (Wildman–Crippen LogP) is 2.07. The van der Waals surface area contributed by atoms with Crippen LogP contribution in [0.25, 0.3) is 0 Å². The van der Waals surface area contributed by atoms with Crippen LogP contribution in [0.5, 0.6) is 0 Å². The first-order valence-corrected chi connectivity index (χ1v) is 8.27. The summed E-state index contributed by atoms with van der Waals surface area (Å²) in [7, 11) is 0. The molecule has 1 aliphatic rings. The van der Waals surface area contributed by atoms with Gasteiger partial charge in [0.2, 0.25) is 5.91 Å². The Morgan fingerprint density at radius 2 is 2.12 bits per heavy atom. The van der Waals surface area contributed by atoms with Gasteiger partial charge in [-0.05, 0) is 31.0 Å². The van der Waals surface area contributed by atoms with Crippen LogP contribution >= 0.6 is 0 Å². The third-order valence-corrected chi connectivity index (χ3v) is 4.17. The monoisotopic (exact) mass is 337 g/mol. The van der Waals surface area contributed by atoms with Gasteiger partial charge in [-0.25, -0.2) is 0 Å². The van der Waals surface area contributed by atoms with Gasteiger partial charge < -0.3 is 10.6 Å². The van der Waals surface area contributed by atoms with E-state index in [1.165, 1.54) is 16.9 Å². The molecule has 7 nitrogen and oxygen atoms in total. The maximum Gasteiger partial charge on any atom is 0.255 e. The van der Waals surface area contributed by atoms with E-state index in [1.54, 1.807) is 24.4 Å². The molecule has 2 N–H and O–H groups in total. The lowest BCUT2D eigenvalue weighted by molar-refractivity contribution is -0.122. The number of nitrogens with zero attached hydrogens (tertiary/aromatic N) is 3. The normalized spacial score (nSPS) is 14.0. The van der Waals surface area contributed by atoms with Crippen LogP contribution in [-0.4, -0.2) is 27.6 Å². The van der Waals surface area contributed by atoms with E-state index in [1.807, 2.05) is 6.07 Å². The average molecular weight is 337 g/mol. The SMILES string of the molecule is N#Cc1cccc(C(=O)Nc2cnn(CC(=O)NC3CCCC3)c2)c1. The molecule has 0 spiro atoms. The second-order valence-electron chi connectivity index (χ2n) is 6.12. The van der Waals surface area contributed by atoms with E-state index in [9.17, 15) is 9.59 Å². The van der Waals surface area contributed by atoms with Crippen molar-refractivity contribution < 1.29 is 9.59 Å². The van der Waals surface area contributed by atoms with E-state index in [0.717, 1.165) is 25.7 Å². The van der Waals surface area contributed by atoms with Crippen molar-refractivity contribution in [2.24, 2.45) is 0 Å². The van der Waals surface area contributed by atoms with Crippen molar-refractivity contribution in [3.8, 4) is 6.07 Å². The predicted molar refractivity (Wildman–Crippen MR) is 91.7 cm³/mol. The number of carbonyl (C=O) groups is 2. The Hall–Kier alpha value is -3.14. The number of benzene rings is 1. The molecular formula is C18H19N5O2. The van der Waals surface area contributed by atoms with E-state index in [-0.39, 0.29) is 24.4 Å². The van der Waals surface area contributed by atoms with Crippen LogP contribution in [0, 0.1) is 11.3 Å². The molecule has 25 heavy (non-hydrogen) atoms. The van der Waals surface area contributed by atoms with Crippen LogP contribution in [0.2, 0.25) is 0 Å². The number of amides is 2. The third-order valence-electron chi connectivity index (χ3n) is 4.17. The van der Waals surface area contributed by atoms with Gasteiger partial charge in [0.25, 0.3) is 5.91 Å². The summed E-state index contributed by atoms with van der Waals surface area (Å²) in [6, 6.07) is 8.72. The molecule has 1 saturated carbocycles. The van der Waals surface area contributed by atoms with Gasteiger partial charge in [-0.1, -0.05) is 18.9 Å². The topological polar surface area (TPSA) is 99.8 Å². The van der Waals surface area contributed by atoms with Crippen molar-refractivity contribution in [3.05, 3.63) is 47.8 Å². The highest BCUT2D eigenvalue weighted by Gasteiger charge is 2.17. The van der Waals surface area contributed by atoms with Crippen molar-refractivity contribution in [2.45, 2.75) is 38.3 Å². The first-order valence-electron chi connectivity index (χ1n) is 8.27.